The summed E-state index contributed by atoms with van der Waals surface area (Å²) in [6, 6.07) is 0. The molecule has 9 rings (SSSR count). The average Bonchev–Trinajstić information content (AvgIpc) is 1.79. The quantitative estimate of drug-likeness (QED) is 0.0104. The van der Waals surface area contributed by atoms with Crippen LogP contribution in [0.2, 0.25) is 0 Å². The molecular weight excluding hydrogens is 1470 g/mol. The second-order valence-electron chi connectivity index (χ2n) is 22.3. The second kappa shape index (κ2) is 46.6. The van der Waals surface area contributed by atoms with Gasteiger partial charge in [0.25, 0.3) is 0 Å². The number of fused-ring (bicyclic) bond motifs is 15. The summed E-state index contributed by atoms with van der Waals surface area (Å²) in [5.41, 5.74) is 4.78. The monoisotopic (exact) mass is 1550 g/mol. The van der Waals surface area contributed by atoms with E-state index in [9.17, 15) is 43.2 Å². The molecule has 3 saturated carbocycles. The van der Waals surface area contributed by atoms with Gasteiger partial charge >= 0.3 is 153 Å². The van der Waals surface area contributed by atoms with Gasteiger partial charge in [0, 0.05) is 6.54 Å². The number of carboxylic acids is 2. The summed E-state index contributed by atoms with van der Waals surface area (Å²) >= 11 is 25.4. The first-order valence-corrected chi connectivity index (χ1v) is 52.2. The van der Waals surface area contributed by atoms with E-state index in [-0.39, 0.29) is 197 Å². The van der Waals surface area contributed by atoms with Gasteiger partial charge in [-0.2, -0.15) is 12.6 Å². The van der Waals surface area contributed by atoms with Crippen LogP contribution >= 0.6 is 108 Å². The number of hydrogen-bond donors (Lipinski definition) is 6. The van der Waals surface area contributed by atoms with Gasteiger partial charge in [-0.3, -0.25) is 53.0 Å². The minimum absolute atomic E-state index is 0. The molecule has 13 atom stereocenters. The zero-order chi connectivity index (χ0) is 68.3. The van der Waals surface area contributed by atoms with Crippen molar-refractivity contribution in [2.24, 2.45) is 76.7 Å². The SMILES string of the molecule is CC(C)(Br)C(=O)O.CCCS.CCCSC(=S)SC(C)(C)C(=O)O.CCCSC(=S)SC(C)(C)C(=O)OCCN1C(=O)[C@@H]2C3C=CC(C3)[C@@H]2C1=O.NCCO.O=C1OC(=O)[C@H]2C3C=CC(C3)[C@@H]12.O=C1[C@@H]2C3C=CC(C3)[C@@H]2C(=O)N1CCO.O=[P+]([O-])O[O-].[K+].[K][K]. The summed E-state index contributed by atoms with van der Waals surface area (Å²) in [5.74, 6) is 0.404. The van der Waals surface area contributed by atoms with Crippen molar-refractivity contribution in [1.29, 1.82) is 0 Å². The number of carbonyl (C=O) groups excluding carboxylic acids is 7. The number of nitrogens with two attached hydrogens (primary N) is 1. The van der Waals surface area contributed by atoms with E-state index >= 15 is 0 Å². The van der Waals surface area contributed by atoms with Gasteiger partial charge in [0.2, 0.25) is 23.6 Å². The van der Waals surface area contributed by atoms with E-state index in [1.54, 1.807) is 65.1 Å². The predicted octanol–water partition coefficient (Wildman–Crippen LogP) is 2.63. The number of aliphatic hydroxyl groups excluding tert-OH is 2. The standard InChI is InChI=1S/C19H25NO4S3.C11H13NO3.C9H8O3.C8H14O2S3.C4H7BrO2.C3H8S.C2H7NO.3K.HO4P/c1-4-9-26-18(25)27-19(2,3)17(23)24-8-7-20-15(21)13-11-5-6-12(10-11)14(13)16(20)22;13-4-3-12-10(14)8-6-1-2-7(5-6)9(8)11(12)15;10-8-6-4-1-2-5(3-4)7(6)9(11)12-8;1-4-5-12-7(11)13-8(2,3)6(9)10;1-4(2,5)3(6)7;1-2-3-4;3-1-2-4;;;;1-4-5(2)3/h5-6,11-14H,4,7-10H2,1-3H3;1-2,6-9,13H,3-5H2;1-2,4-7H,3H2;4-5H2,1-3H3,(H,9,10);1-2H3,(H,6,7);4H,2-3H2,1H3;4H,1-3H2;;;;1H/q;;;;;;;;;+1;/p-1/t11?,12?,13-,14+;6?,7?,8-,9+;4?,5?,6-,7+;;;;;;;;. The molecule has 4 amide bonds. The van der Waals surface area contributed by atoms with Crippen molar-refractivity contribution in [2.45, 2.75) is 115 Å². The number of thioether (sulfide) groups is 4. The Morgan fingerprint density at radius 2 is 0.978 bits per heavy atom. The molecule has 3 heterocycles. The second-order valence-corrected chi connectivity index (χ2v) is 33.2. The van der Waals surface area contributed by atoms with Crippen molar-refractivity contribution in [2.75, 3.05) is 56.7 Å². The predicted molar refractivity (Wildman–Crippen MR) is 359 cm³/mol. The van der Waals surface area contributed by atoms with Crippen LogP contribution in [0.1, 0.15) is 101 Å². The van der Waals surface area contributed by atoms with Crippen molar-refractivity contribution in [3.63, 3.8) is 0 Å². The number of esters is 3. The fourth-order valence-electron chi connectivity index (χ4n) is 10.5. The Morgan fingerprint density at radius 1 is 0.678 bits per heavy atom. The number of ether oxygens (including phenoxy) is 2. The summed E-state index contributed by atoms with van der Waals surface area (Å²) in [7, 11) is -3.15. The first-order valence-electron chi connectivity index (χ1n) is 29.2. The third kappa shape index (κ3) is 28.7. The zero-order valence-corrected chi connectivity index (χ0v) is 70.7. The fraction of sp³-hybridized carbons (Fsp3) is 0.696. The number of amides is 4. The number of thiocarbonyl (C=S) groups is 2. The third-order valence-corrected chi connectivity index (χ3v) is 21.4. The van der Waals surface area contributed by atoms with Crippen LogP contribution in [0.4, 0.5) is 0 Å². The van der Waals surface area contributed by atoms with Gasteiger partial charge in [-0.1, -0.05) is 121 Å². The third-order valence-electron chi connectivity index (χ3n) is 14.7. The van der Waals surface area contributed by atoms with E-state index in [4.69, 9.17) is 70.0 Å². The number of rotatable bonds is 17. The molecule has 0 radical (unpaired) electrons. The van der Waals surface area contributed by atoms with Crippen molar-refractivity contribution in [3.8, 4) is 0 Å². The molecular formula is C56H82BrK3N3O19PS7. The number of imide groups is 2. The molecule has 3 aliphatic heterocycles. The maximum absolute atomic E-state index is 12.6. The Morgan fingerprint density at radius 3 is 1.23 bits per heavy atom. The van der Waals surface area contributed by atoms with Crippen LogP contribution in [0, 0.1) is 71.0 Å². The Kier molecular flexibility index (Phi) is 47.8. The molecule has 22 nitrogen and oxygen atoms in total. The van der Waals surface area contributed by atoms with E-state index in [1.165, 1.54) is 103 Å². The van der Waals surface area contributed by atoms with Gasteiger partial charge in [-0.15, -0.1) is 23.5 Å². The van der Waals surface area contributed by atoms with Gasteiger partial charge in [0.15, 0.2) is 0 Å². The molecule has 6 aliphatic carbocycles. The number of likely N-dealkylation sites (tertiary alicyclic amines) is 2. The van der Waals surface area contributed by atoms with Crippen LogP contribution in [0.3, 0.4) is 0 Å². The number of cyclic esters (lactones) is 2. The van der Waals surface area contributed by atoms with E-state index in [0.717, 1.165) is 52.9 Å². The fourth-order valence-corrected chi connectivity index (χ4v) is 16.3. The van der Waals surface area contributed by atoms with Crippen LogP contribution in [0.5, 0.6) is 0 Å². The summed E-state index contributed by atoms with van der Waals surface area (Å²) < 4.78 is 20.4. The Bertz CT molecular complexity index is 2480. The summed E-state index contributed by atoms with van der Waals surface area (Å²) in [6.45, 7) is 16.9. The first kappa shape index (κ1) is 92.2. The van der Waals surface area contributed by atoms with Crippen LogP contribution in [0.25, 0.3) is 0 Å². The molecule has 6 fully saturated rings. The molecule has 7 unspecified atom stereocenters. The number of aliphatic carboxylic acids is 2. The summed E-state index contributed by atoms with van der Waals surface area (Å²) in [6.07, 6.45) is 18.5. The number of allylic oxidation sites excluding steroid dienone is 6. The molecule has 9 aliphatic rings. The van der Waals surface area contributed by atoms with Gasteiger partial charge in [0.05, 0.1) is 61.8 Å². The van der Waals surface area contributed by atoms with E-state index in [2.05, 4.69) is 83.0 Å². The zero-order valence-electron chi connectivity index (χ0n) is 53.1. The van der Waals surface area contributed by atoms with Crippen molar-refractivity contribution >= 4 is 232 Å². The normalized spacial score (nSPS) is 25.9. The minimum atomic E-state index is -3.15. The number of nitrogens with zero attached hydrogens (tertiary/aromatic N) is 2. The number of carboxylic acid groups (broad SMARTS) is 2. The van der Waals surface area contributed by atoms with Gasteiger partial charge in [-0.05, 0) is 137 Å². The van der Waals surface area contributed by atoms with E-state index in [0.29, 0.717) is 10.1 Å². The Labute approximate surface area is 658 Å². The van der Waals surface area contributed by atoms with Crippen molar-refractivity contribution < 1.29 is 144 Å². The van der Waals surface area contributed by atoms with Crippen LogP contribution < -0.4 is 67.3 Å². The molecule has 492 valence electrons. The summed E-state index contributed by atoms with van der Waals surface area (Å²) in [4.78, 5) is 116. The van der Waals surface area contributed by atoms with Crippen molar-refractivity contribution in [1.82, 2.24) is 9.80 Å². The number of carbonyl (C=O) groups is 9. The molecule has 0 spiro atoms. The first-order chi connectivity index (χ1) is 41.7. The molecule has 0 aromatic rings. The van der Waals surface area contributed by atoms with Gasteiger partial charge in [-0.25, -0.2) is 4.67 Å². The molecule has 90 heavy (non-hydrogen) atoms. The number of thiol groups is 1. The number of β-amino-alcohol motifs (C(OH)–C–C–N with tert-alkyl or cyclic N) is 1. The number of aliphatic hydroxyl groups is 2. The summed E-state index contributed by atoms with van der Waals surface area (Å²) in [5, 5.41) is 42.1. The number of hydrogen-bond acceptors (Lipinski definition) is 25. The van der Waals surface area contributed by atoms with E-state index in [1.807, 2.05) is 12.2 Å². The van der Waals surface area contributed by atoms with Gasteiger partial charge in [0.1, 0.15) is 27.5 Å². The Balaban J connectivity index is 0.00000109. The topological polar surface area (TPSA) is 358 Å². The van der Waals surface area contributed by atoms with Crippen LogP contribution in [-0.2, 0) is 61.9 Å². The van der Waals surface area contributed by atoms with Gasteiger partial charge < -0.3 is 45.8 Å². The molecule has 0 aromatic carbocycles. The molecule has 3 saturated heterocycles. The molecule has 34 heteroatoms. The maximum atomic E-state index is 12.6. The molecule has 6 bridgehead atoms. The van der Waals surface area contributed by atoms with Crippen molar-refractivity contribution in [3.05, 3.63) is 36.5 Å². The molecule has 6 N–H and O–H groups in total. The average molecular weight is 1550 g/mol. The molecule has 0 aromatic heterocycles. The van der Waals surface area contributed by atoms with Crippen LogP contribution in [0.15, 0.2) is 36.5 Å². The Hall–Kier alpha value is 2.23. The van der Waals surface area contributed by atoms with E-state index < -0.39 is 34.0 Å². The number of halogens is 1. The number of alkyl halides is 1. The van der Waals surface area contributed by atoms with Crippen LogP contribution in [-0.4, -0.2) is 224 Å².